The molecule has 0 bridgehead atoms. The minimum Gasteiger partial charge on any atom is -0.388 e. The molecule has 0 aliphatic carbocycles. The molecule has 1 aromatic heterocycles. The topological polar surface area (TPSA) is 50.2 Å². The smallest absolute Gasteiger partial charge is 0.168 e. The summed E-state index contributed by atoms with van der Waals surface area (Å²) in [7, 11) is 0. The van der Waals surface area contributed by atoms with Gasteiger partial charge in [-0.25, -0.2) is 0 Å². The third-order valence-corrected chi connectivity index (χ3v) is 2.97. The molecule has 0 saturated carbocycles. The van der Waals surface area contributed by atoms with Crippen LogP contribution >= 0.6 is 0 Å². The maximum absolute atomic E-state index is 12.2. The lowest BCUT2D eigenvalue weighted by Gasteiger charge is -2.17. The summed E-state index contributed by atoms with van der Waals surface area (Å²) < 4.78 is 0. The first-order valence-electron chi connectivity index (χ1n) is 5.87. The molecule has 0 saturated heterocycles. The fourth-order valence-corrected chi connectivity index (χ4v) is 1.85. The fourth-order valence-electron chi connectivity index (χ4n) is 1.85. The van der Waals surface area contributed by atoms with Gasteiger partial charge in [-0.3, -0.25) is 9.78 Å². The first-order chi connectivity index (χ1) is 8.70. The van der Waals surface area contributed by atoms with E-state index in [1.807, 2.05) is 18.2 Å². The van der Waals surface area contributed by atoms with Crippen molar-refractivity contribution in [2.45, 2.75) is 13.0 Å². The van der Waals surface area contributed by atoms with Crippen molar-refractivity contribution in [3.8, 4) is 0 Å². The van der Waals surface area contributed by atoms with E-state index in [1.165, 1.54) is 0 Å². The Labute approximate surface area is 106 Å². The predicted octanol–water partition coefficient (Wildman–Crippen LogP) is 2.63. The van der Waals surface area contributed by atoms with Crippen molar-refractivity contribution in [3.05, 3.63) is 66.0 Å². The number of pyridine rings is 1. The molecule has 18 heavy (non-hydrogen) atoms. The molecule has 2 rings (SSSR count). The van der Waals surface area contributed by atoms with E-state index in [0.717, 1.165) is 0 Å². The Bertz CT molecular complexity index is 511. The number of carbonyl (C=O) groups excluding carboxylic acids is 1. The van der Waals surface area contributed by atoms with E-state index in [0.29, 0.717) is 11.1 Å². The van der Waals surface area contributed by atoms with Crippen molar-refractivity contribution in [1.82, 2.24) is 4.98 Å². The number of aromatic nitrogens is 1. The van der Waals surface area contributed by atoms with E-state index < -0.39 is 12.0 Å². The zero-order chi connectivity index (χ0) is 13.0. The van der Waals surface area contributed by atoms with Crippen LogP contribution in [0.3, 0.4) is 0 Å². The Morgan fingerprint density at radius 1 is 1.17 bits per heavy atom. The highest BCUT2D eigenvalue weighted by Gasteiger charge is 2.24. The molecule has 3 heteroatoms. The normalized spacial score (nSPS) is 13.9. The molecular weight excluding hydrogens is 226 g/mol. The standard InChI is InChI=1S/C15H15NO2/c1-11(14(17)12-6-3-2-4-7-12)15(18)13-8-5-9-16-10-13/h2-11,15,18H,1H3. The maximum atomic E-state index is 12.2. The van der Waals surface area contributed by atoms with Gasteiger partial charge in [-0.2, -0.15) is 0 Å². The number of aliphatic hydroxyl groups excluding tert-OH is 1. The highest BCUT2D eigenvalue weighted by Crippen LogP contribution is 2.24. The van der Waals surface area contributed by atoms with Crippen molar-refractivity contribution in [2.75, 3.05) is 0 Å². The zero-order valence-electron chi connectivity index (χ0n) is 10.2. The quantitative estimate of drug-likeness (QED) is 0.837. The van der Waals surface area contributed by atoms with Gasteiger partial charge in [0.1, 0.15) is 0 Å². The van der Waals surface area contributed by atoms with Gasteiger partial charge in [0.05, 0.1) is 6.10 Å². The molecule has 0 spiro atoms. The number of hydrogen-bond donors (Lipinski definition) is 1. The number of benzene rings is 1. The Morgan fingerprint density at radius 3 is 2.50 bits per heavy atom. The number of rotatable bonds is 4. The molecule has 0 radical (unpaired) electrons. The number of Topliss-reactive ketones (excluding diaryl/α,β-unsaturated/α-hetero) is 1. The second-order valence-corrected chi connectivity index (χ2v) is 4.25. The van der Waals surface area contributed by atoms with Gasteiger partial charge < -0.3 is 5.11 Å². The van der Waals surface area contributed by atoms with Crippen LogP contribution in [0, 0.1) is 5.92 Å². The van der Waals surface area contributed by atoms with Crippen molar-refractivity contribution in [3.63, 3.8) is 0 Å². The second-order valence-electron chi connectivity index (χ2n) is 4.25. The summed E-state index contributed by atoms with van der Waals surface area (Å²) in [4.78, 5) is 16.1. The monoisotopic (exact) mass is 241 g/mol. The van der Waals surface area contributed by atoms with Crippen LogP contribution in [-0.2, 0) is 0 Å². The average Bonchev–Trinajstić information content (AvgIpc) is 2.47. The van der Waals surface area contributed by atoms with Crippen LogP contribution in [0.25, 0.3) is 0 Å². The van der Waals surface area contributed by atoms with Gasteiger partial charge in [0.25, 0.3) is 0 Å². The minimum atomic E-state index is -0.827. The number of nitrogens with zero attached hydrogens (tertiary/aromatic N) is 1. The van der Waals surface area contributed by atoms with Gasteiger partial charge in [0, 0.05) is 23.9 Å². The summed E-state index contributed by atoms with van der Waals surface area (Å²) in [5.74, 6) is -0.552. The molecule has 0 fully saturated rings. The molecule has 2 aromatic rings. The summed E-state index contributed by atoms with van der Waals surface area (Å²) in [6.45, 7) is 1.73. The fraction of sp³-hybridized carbons (Fsp3) is 0.200. The molecule has 1 N–H and O–H groups in total. The Balaban J connectivity index is 2.17. The molecule has 3 nitrogen and oxygen atoms in total. The van der Waals surface area contributed by atoms with Crippen LogP contribution in [0.5, 0.6) is 0 Å². The van der Waals surface area contributed by atoms with Crippen molar-refractivity contribution < 1.29 is 9.90 Å². The van der Waals surface area contributed by atoms with Crippen LogP contribution in [-0.4, -0.2) is 15.9 Å². The summed E-state index contributed by atoms with van der Waals surface area (Å²) in [5.41, 5.74) is 1.28. The van der Waals surface area contributed by atoms with Gasteiger partial charge in [-0.15, -0.1) is 0 Å². The Hall–Kier alpha value is -2.00. The molecule has 2 atom stereocenters. The SMILES string of the molecule is CC(C(=O)c1ccccc1)C(O)c1cccnc1. The van der Waals surface area contributed by atoms with Gasteiger partial charge in [-0.1, -0.05) is 43.3 Å². The van der Waals surface area contributed by atoms with Crippen LogP contribution in [0.1, 0.15) is 28.9 Å². The van der Waals surface area contributed by atoms with E-state index in [2.05, 4.69) is 4.98 Å². The van der Waals surface area contributed by atoms with Crippen molar-refractivity contribution in [1.29, 1.82) is 0 Å². The third-order valence-electron chi connectivity index (χ3n) is 2.97. The van der Waals surface area contributed by atoms with Gasteiger partial charge in [-0.05, 0) is 11.6 Å². The van der Waals surface area contributed by atoms with Crippen LogP contribution in [0.4, 0.5) is 0 Å². The number of hydrogen-bond acceptors (Lipinski definition) is 3. The highest BCUT2D eigenvalue weighted by molar-refractivity contribution is 5.98. The predicted molar refractivity (Wildman–Crippen MR) is 69.1 cm³/mol. The second kappa shape index (κ2) is 5.56. The zero-order valence-corrected chi connectivity index (χ0v) is 10.2. The van der Waals surface area contributed by atoms with Gasteiger partial charge in [0.2, 0.25) is 0 Å². The largest absolute Gasteiger partial charge is 0.388 e. The first-order valence-corrected chi connectivity index (χ1v) is 5.87. The summed E-state index contributed by atoms with van der Waals surface area (Å²) in [6.07, 6.45) is 2.39. The van der Waals surface area contributed by atoms with E-state index in [-0.39, 0.29) is 5.78 Å². The van der Waals surface area contributed by atoms with Crippen LogP contribution in [0.15, 0.2) is 54.9 Å². The van der Waals surface area contributed by atoms with Crippen molar-refractivity contribution >= 4 is 5.78 Å². The first kappa shape index (κ1) is 12.5. The summed E-state index contributed by atoms with van der Waals surface area (Å²) >= 11 is 0. The highest BCUT2D eigenvalue weighted by atomic mass is 16.3. The lowest BCUT2D eigenvalue weighted by atomic mass is 9.91. The van der Waals surface area contributed by atoms with Crippen LogP contribution in [0.2, 0.25) is 0 Å². The van der Waals surface area contributed by atoms with Gasteiger partial charge in [0.15, 0.2) is 5.78 Å². The van der Waals surface area contributed by atoms with Crippen LogP contribution < -0.4 is 0 Å². The third kappa shape index (κ3) is 2.63. The lowest BCUT2D eigenvalue weighted by molar-refractivity contribution is 0.0713. The summed E-state index contributed by atoms with van der Waals surface area (Å²) in [5, 5.41) is 10.2. The molecule has 0 aliphatic rings. The van der Waals surface area contributed by atoms with E-state index in [1.54, 1.807) is 43.6 Å². The Morgan fingerprint density at radius 2 is 1.89 bits per heavy atom. The molecular formula is C15H15NO2. The van der Waals surface area contributed by atoms with Gasteiger partial charge >= 0.3 is 0 Å². The number of ketones is 1. The average molecular weight is 241 g/mol. The molecule has 0 amide bonds. The lowest BCUT2D eigenvalue weighted by Crippen LogP contribution is -2.19. The van der Waals surface area contributed by atoms with E-state index >= 15 is 0 Å². The minimum absolute atomic E-state index is 0.0630. The van der Waals surface area contributed by atoms with E-state index in [9.17, 15) is 9.90 Å². The summed E-state index contributed by atoms with van der Waals surface area (Å²) in [6, 6.07) is 12.5. The number of aliphatic hydroxyl groups is 1. The molecule has 1 heterocycles. The van der Waals surface area contributed by atoms with E-state index in [4.69, 9.17) is 0 Å². The maximum Gasteiger partial charge on any atom is 0.168 e. The van der Waals surface area contributed by atoms with Crippen molar-refractivity contribution in [2.24, 2.45) is 5.92 Å². The number of carbonyl (C=O) groups is 1. The molecule has 1 aromatic carbocycles. The Kier molecular flexibility index (Phi) is 3.85. The molecule has 92 valence electrons. The molecule has 2 unspecified atom stereocenters. The molecule has 0 aliphatic heterocycles.